The van der Waals surface area contributed by atoms with Crippen LogP contribution in [-0.2, 0) is 14.3 Å². The largest absolute Gasteiger partial charge is 0.466 e. The van der Waals surface area contributed by atoms with E-state index in [0.717, 1.165) is 24.3 Å². The molecule has 0 heterocycles. The molecule has 9 nitrogen and oxygen atoms in total. The zero-order valence-corrected chi connectivity index (χ0v) is 16.3. The first-order chi connectivity index (χ1) is 14.6. The second-order valence-corrected chi connectivity index (χ2v) is 6.48. The number of hydrogen-bond acceptors (Lipinski definition) is 6. The van der Waals surface area contributed by atoms with Gasteiger partial charge in [0.2, 0.25) is 5.91 Å². The van der Waals surface area contributed by atoms with Gasteiger partial charge in [0.1, 0.15) is 17.7 Å². The van der Waals surface area contributed by atoms with Crippen LogP contribution in [0.2, 0.25) is 0 Å². The number of primary amides is 1. The predicted molar refractivity (Wildman–Crippen MR) is 104 cm³/mol. The summed E-state index contributed by atoms with van der Waals surface area (Å²) in [5.41, 5.74) is 5.08. The Kier molecular flexibility index (Phi) is 7.72. The number of non-ortho nitro benzene ring substituents is 1. The second kappa shape index (κ2) is 10.2. The van der Waals surface area contributed by atoms with Crippen LogP contribution < -0.4 is 11.1 Å². The zero-order valence-electron chi connectivity index (χ0n) is 16.3. The van der Waals surface area contributed by atoms with E-state index in [9.17, 15) is 33.3 Å². The lowest BCUT2D eigenvalue weighted by molar-refractivity contribution is -0.384. The standard InChI is InChI=1S/C20H19F2N3O6/c1-2-31-17(26)10-16(11-3-5-15(6-4-11)25(29)30)18(19(23)27)24-20(28)12-7-13(21)9-14(22)8-12/h3-9,16,18H,2,10H2,1H3,(H2,23,27)(H,24,28)/t16-,18-/m0/s1. The molecule has 31 heavy (non-hydrogen) atoms. The fraction of sp³-hybridized carbons (Fsp3) is 0.250. The summed E-state index contributed by atoms with van der Waals surface area (Å²) >= 11 is 0. The summed E-state index contributed by atoms with van der Waals surface area (Å²) in [6.45, 7) is 1.63. The molecule has 0 saturated carbocycles. The molecule has 0 radical (unpaired) electrons. The van der Waals surface area contributed by atoms with E-state index in [1.807, 2.05) is 0 Å². The highest BCUT2D eigenvalue weighted by Gasteiger charge is 2.32. The third-order valence-electron chi connectivity index (χ3n) is 4.34. The molecule has 11 heteroatoms. The van der Waals surface area contributed by atoms with Crippen LogP contribution in [0.5, 0.6) is 0 Å². The Morgan fingerprint density at radius 2 is 1.71 bits per heavy atom. The van der Waals surface area contributed by atoms with Crippen LogP contribution in [0, 0.1) is 21.7 Å². The molecule has 2 aromatic carbocycles. The van der Waals surface area contributed by atoms with Gasteiger partial charge in [-0.05, 0) is 24.6 Å². The molecule has 164 valence electrons. The quantitative estimate of drug-likeness (QED) is 0.351. The van der Waals surface area contributed by atoms with Crippen LogP contribution in [0.4, 0.5) is 14.5 Å². The molecule has 2 rings (SSSR count). The molecule has 0 fully saturated rings. The number of rotatable bonds is 9. The normalized spacial score (nSPS) is 12.5. The molecule has 0 spiro atoms. The van der Waals surface area contributed by atoms with Crippen molar-refractivity contribution in [3.05, 3.63) is 75.3 Å². The van der Waals surface area contributed by atoms with Crippen molar-refractivity contribution in [3.63, 3.8) is 0 Å². The maximum absolute atomic E-state index is 13.4. The zero-order chi connectivity index (χ0) is 23.1. The fourth-order valence-electron chi connectivity index (χ4n) is 2.95. The number of ether oxygens (including phenoxy) is 1. The van der Waals surface area contributed by atoms with Crippen LogP contribution in [-0.4, -0.2) is 35.4 Å². The van der Waals surface area contributed by atoms with E-state index in [1.165, 1.54) is 12.1 Å². The van der Waals surface area contributed by atoms with E-state index in [0.29, 0.717) is 6.07 Å². The van der Waals surface area contributed by atoms with Crippen LogP contribution in [0.25, 0.3) is 0 Å². The van der Waals surface area contributed by atoms with Gasteiger partial charge in [-0.15, -0.1) is 0 Å². The highest BCUT2D eigenvalue weighted by Crippen LogP contribution is 2.27. The molecule has 2 amide bonds. The topological polar surface area (TPSA) is 142 Å². The molecule has 0 unspecified atom stereocenters. The number of esters is 1. The van der Waals surface area contributed by atoms with Crippen LogP contribution in [0.1, 0.15) is 35.2 Å². The number of carbonyl (C=O) groups excluding carboxylic acids is 3. The third-order valence-corrected chi connectivity index (χ3v) is 4.34. The number of nitrogens with two attached hydrogens (primary N) is 1. The number of halogens is 2. The lowest BCUT2D eigenvalue weighted by atomic mass is 9.87. The minimum Gasteiger partial charge on any atom is -0.466 e. The van der Waals surface area contributed by atoms with Crippen molar-refractivity contribution in [1.82, 2.24) is 5.32 Å². The van der Waals surface area contributed by atoms with E-state index in [-0.39, 0.29) is 17.9 Å². The molecule has 0 aromatic heterocycles. The average molecular weight is 435 g/mol. The number of nitrogens with zero attached hydrogens (tertiary/aromatic N) is 1. The number of nitrogens with one attached hydrogen (secondary N) is 1. The van der Waals surface area contributed by atoms with Crippen LogP contribution in [0.3, 0.4) is 0 Å². The van der Waals surface area contributed by atoms with Gasteiger partial charge in [-0.25, -0.2) is 8.78 Å². The lowest BCUT2D eigenvalue weighted by Crippen LogP contribution is -2.48. The molecule has 0 bridgehead atoms. The molecule has 0 saturated heterocycles. The smallest absolute Gasteiger partial charge is 0.306 e. The van der Waals surface area contributed by atoms with Crippen molar-refractivity contribution in [1.29, 1.82) is 0 Å². The summed E-state index contributed by atoms with van der Waals surface area (Å²) in [6.07, 6.45) is -0.392. The summed E-state index contributed by atoms with van der Waals surface area (Å²) in [7, 11) is 0. The third kappa shape index (κ3) is 6.29. The first-order valence-corrected chi connectivity index (χ1v) is 9.08. The SMILES string of the molecule is CCOC(=O)C[C@@H](c1ccc([N+](=O)[O-])cc1)[C@H](NC(=O)c1cc(F)cc(F)c1)C(N)=O. The summed E-state index contributed by atoms with van der Waals surface area (Å²) in [6, 6.07) is 5.57. The molecule has 3 N–H and O–H groups in total. The van der Waals surface area contributed by atoms with Gasteiger partial charge in [0.05, 0.1) is 18.0 Å². The summed E-state index contributed by atoms with van der Waals surface area (Å²) in [5.74, 6) is -5.79. The number of amides is 2. The average Bonchev–Trinajstić information content (AvgIpc) is 2.69. The summed E-state index contributed by atoms with van der Waals surface area (Å²) in [4.78, 5) is 47.0. The van der Waals surface area contributed by atoms with Crippen LogP contribution >= 0.6 is 0 Å². The molecule has 0 aliphatic rings. The number of nitro groups is 1. The molecular weight excluding hydrogens is 416 g/mol. The van der Waals surface area contributed by atoms with Crippen molar-refractivity contribution in [2.75, 3.05) is 6.61 Å². The monoisotopic (exact) mass is 435 g/mol. The van der Waals surface area contributed by atoms with Crippen molar-refractivity contribution >= 4 is 23.5 Å². The fourth-order valence-corrected chi connectivity index (χ4v) is 2.95. The van der Waals surface area contributed by atoms with Gasteiger partial charge in [-0.1, -0.05) is 12.1 Å². The maximum Gasteiger partial charge on any atom is 0.306 e. The molecule has 0 aliphatic carbocycles. The number of carbonyl (C=O) groups is 3. The Morgan fingerprint density at radius 1 is 1.13 bits per heavy atom. The van der Waals surface area contributed by atoms with E-state index < -0.39 is 58.3 Å². The lowest BCUT2D eigenvalue weighted by Gasteiger charge is -2.25. The Hall–Kier alpha value is -3.89. The van der Waals surface area contributed by atoms with Crippen molar-refractivity contribution in [2.24, 2.45) is 5.73 Å². The van der Waals surface area contributed by atoms with Gasteiger partial charge in [-0.3, -0.25) is 24.5 Å². The number of benzene rings is 2. The first-order valence-electron chi connectivity index (χ1n) is 9.08. The maximum atomic E-state index is 13.4. The summed E-state index contributed by atoms with van der Waals surface area (Å²) in [5, 5.41) is 13.2. The molecule has 0 aliphatic heterocycles. The Morgan fingerprint density at radius 3 is 2.19 bits per heavy atom. The predicted octanol–water partition coefficient (Wildman–Crippen LogP) is 2.19. The number of hydrogen-bond donors (Lipinski definition) is 2. The highest BCUT2D eigenvalue weighted by atomic mass is 19.1. The Labute approximate surface area is 175 Å². The molecule has 2 atom stereocenters. The van der Waals surface area contributed by atoms with Crippen molar-refractivity contribution in [3.8, 4) is 0 Å². The minimum atomic E-state index is -1.48. The van der Waals surface area contributed by atoms with Gasteiger partial charge < -0.3 is 15.8 Å². The minimum absolute atomic E-state index is 0.0575. The second-order valence-electron chi connectivity index (χ2n) is 6.48. The van der Waals surface area contributed by atoms with Gasteiger partial charge >= 0.3 is 5.97 Å². The van der Waals surface area contributed by atoms with Gasteiger partial charge in [0.15, 0.2) is 0 Å². The summed E-state index contributed by atoms with van der Waals surface area (Å²) < 4.78 is 31.8. The van der Waals surface area contributed by atoms with E-state index >= 15 is 0 Å². The Balaban J connectivity index is 2.40. The van der Waals surface area contributed by atoms with E-state index in [4.69, 9.17) is 10.5 Å². The van der Waals surface area contributed by atoms with Crippen LogP contribution in [0.15, 0.2) is 42.5 Å². The van der Waals surface area contributed by atoms with Gasteiger partial charge in [0.25, 0.3) is 11.6 Å². The Bertz CT molecular complexity index is 977. The van der Waals surface area contributed by atoms with Crippen molar-refractivity contribution in [2.45, 2.75) is 25.3 Å². The van der Waals surface area contributed by atoms with Gasteiger partial charge in [0, 0.05) is 29.7 Å². The van der Waals surface area contributed by atoms with Gasteiger partial charge in [-0.2, -0.15) is 0 Å². The number of nitro benzene ring substituents is 1. The molecular formula is C20H19F2N3O6. The van der Waals surface area contributed by atoms with Crippen molar-refractivity contribution < 1.29 is 32.8 Å². The van der Waals surface area contributed by atoms with E-state index in [1.54, 1.807) is 6.92 Å². The molecule has 2 aromatic rings. The van der Waals surface area contributed by atoms with E-state index in [2.05, 4.69) is 5.32 Å². The highest BCUT2D eigenvalue weighted by molar-refractivity contribution is 5.97. The first kappa shape index (κ1) is 23.4.